The monoisotopic (exact) mass is 354 g/mol. The summed E-state index contributed by atoms with van der Waals surface area (Å²) < 4.78 is 0. The fourth-order valence-electron chi connectivity index (χ4n) is 2.33. The molecule has 0 bridgehead atoms. The summed E-state index contributed by atoms with van der Waals surface area (Å²) in [5.74, 6) is 0.767. The van der Waals surface area contributed by atoms with Crippen LogP contribution in [0.1, 0.15) is 25.0 Å². The zero-order valence-corrected chi connectivity index (χ0v) is 15.8. The number of rotatable bonds is 9. The molecule has 0 saturated carbocycles. The van der Waals surface area contributed by atoms with Gasteiger partial charge in [0, 0.05) is 31.6 Å². The van der Waals surface area contributed by atoms with Crippen LogP contribution in [0, 0.1) is 0 Å². The highest BCUT2D eigenvalue weighted by molar-refractivity contribution is 8.03. The highest BCUT2D eigenvalue weighted by Gasteiger charge is 2.12. The Morgan fingerprint density at radius 3 is 2.08 bits per heavy atom. The molecule has 0 radical (unpaired) electrons. The molecule has 0 saturated heterocycles. The van der Waals surface area contributed by atoms with Crippen LogP contribution >= 0.6 is 11.8 Å². The summed E-state index contributed by atoms with van der Waals surface area (Å²) in [7, 11) is 0. The molecule has 2 aromatic rings. The number of hydrogen-bond acceptors (Lipinski definition) is 3. The van der Waals surface area contributed by atoms with E-state index < -0.39 is 0 Å². The Hall–Kier alpha value is -2.20. The first kappa shape index (κ1) is 19.1. The molecule has 25 heavy (non-hydrogen) atoms. The molecule has 1 amide bonds. The van der Waals surface area contributed by atoms with Crippen LogP contribution in [0.25, 0.3) is 0 Å². The van der Waals surface area contributed by atoms with Crippen molar-refractivity contribution in [3.05, 3.63) is 82.9 Å². The fourth-order valence-corrected chi connectivity index (χ4v) is 3.28. The highest BCUT2D eigenvalue weighted by Crippen LogP contribution is 2.22. The van der Waals surface area contributed by atoms with Gasteiger partial charge in [-0.2, -0.15) is 0 Å². The van der Waals surface area contributed by atoms with Gasteiger partial charge in [-0.15, -0.1) is 11.8 Å². The lowest BCUT2D eigenvalue weighted by Crippen LogP contribution is -2.26. The van der Waals surface area contributed by atoms with Gasteiger partial charge in [0.15, 0.2) is 0 Å². The summed E-state index contributed by atoms with van der Waals surface area (Å²) >= 11 is 1.58. The van der Waals surface area contributed by atoms with Crippen molar-refractivity contribution in [2.45, 2.75) is 26.1 Å². The van der Waals surface area contributed by atoms with E-state index in [0.717, 1.165) is 29.3 Å². The third-order valence-electron chi connectivity index (χ3n) is 3.87. The fraction of sp³-hybridized carbons (Fsp3) is 0.286. The maximum Gasteiger partial charge on any atom is 0.259 e. The molecule has 3 nitrogen and oxygen atoms in total. The van der Waals surface area contributed by atoms with Crippen LogP contribution in [-0.2, 0) is 17.1 Å². The molecule has 0 unspecified atom stereocenters. The molecule has 0 aliphatic rings. The van der Waals surface area contributed by atoms with Gasteiger partial charge < -0.3 is 10.2 Å². The second-order valence-electron chi connectivity index (χ2n) is 5.66. The van der Waals surface area contributed by atoms with Crippen molar-refractivity contribution in [2.75, 3.05) is 13.1 Å². The first-order valence-corrected chi connectivity index (χ1v) is 9.66. The van der Waals surface area contributed by atoms with E-state index in [-0.39, 0.29) is 5.91 Å². The summed E-state index contributed by atoms with van der Waals surface area (Å²) in [6.45, 7) is 6.51. The maximum atomic E-state index is 12.7. The molecule has 0 spiro atoms. The number of nitrogens with one attached hydrogen (secondary N) is 1. The van der Waals surface area contributed by atoms with Crippen LogP contribution in [0.5, 0.6) is 0 Å². The Balaban J connectivity index is 2.03. The van der Waals surface area contributed by atoms with E-state index in [2.05, 4.69) is 36.2 Å². The molecule has 0 aromatic heterocycles. The van der Waals surface area contributed by atoms with E-state index in [1.165, 1.54) is 5.56 Å². The number of carbonyl (C=O) groups excluding carboxylic acids is 1. The molecule has 132 valence electrons. The van der Waals surface area contributed by atoms with Gasteiger partial charge in [0.25, 0.3) is 5.91 Å². The number of amides is 1. The zero-order chi connectivity index (χ0) is 17.9. The van der Waals surface area contributed by atoms with Crippen LogP contribution in [0.2, 0.25) is 0 Å². The van der Waals surface area contributed by atoms with E-state index in [9.17, 15) is 4.79 Å². The molecular formula is C21H26N2OS. The molecule has 1 N–H and O–H groups in total. The average molecular weight is 355 g/mol. The lowest BCUT2D eigenvalue weighted by atomic mass is 10.2. The van der Waals surface area contributed by atoms with Crippen LogP contribution in [0.4, 0.5) is 0 Å². The quantitative estimate of drug-likeness (QED) is 0.677. The van der Waals surface area contributed by atoms with Gasteiger partial charge in [-0.3, -0.25) is 4.79 Å². The summed E-state index contributed by atoms with van der Waals surface area (Å²) in [5, 5.41) is 3.03. The first-order valence-electron chi connectivity index (χ1n) is 8.67. The molecule has 0 aliphatic carbocycles. The van der Waals surface area contributed by atoms with Crippen molar-refractivity contribution >= 4 is 17.7 Å². The minimum atomic E-state index is -0.0170. The van der Waals surface area contributed by atoms with Gasteiger partial charge in [-0.1, -0.05) is 60.7 Å². The lowest BCUT2D eigenvalue weighted by molar-refractivity contribution is -0.117. The molecule has 0 fully saturated rings. The average Bonchev–Trinajstić information content (AvgIpc) is 2.68. The number of nitrogens with zero attached hydrogens (tertiary/aromatic N) is 1. The number of hydrogen-bond donors (Lipinski definition) is 1. The first-order chi connectivity index (χ1) is 12.2. The van der Waals surface area contributed by atoms with Crippen molar-refractivity contribution in [2.24, 2.45) is 0 Å². The number of carbonyl (C=O) groups is 1. The second kappa shape index (κ2) is 10.6. The number of thioether (sulfide) groups is 1. The van der Waals surface area contributed by atoms with Crippen molar-refractivity contribution in [3.8, 4) is 0 Å². The zero-order valence-electron chi connectivity index (χ0n) is 14.9. The minimum Gasteiger partial charge on any atom is -0.377 e. The van der Waals surface area contributed by atoms with E-state index in [1.807, 2.05) is 54.7 Å². The van der Waals surface area contributed by atoms with Crippen molar-refractivity contribution in [3.63, 3.8) is 0 Å². The highest BCUT2D eigenvalue weighted by atomic mass is 32.2. The summed E-state index contributed by atoms with van der Waals surface area (Å²) in [5.41, 5.74) is 2.32. The van der Waals surface area contributed by atoms with Gasteiger partial charge >= 0.3 is 0 Å². The summed E-state index contributed by atoms with van der Waals surface area (Å²) in [6.07, 6.45) is 1.98. The van der Waals surface area contributed by atoms with Crippen LogP contribution < -0.4 is 5.32 Å². The normalized spacial score (nSPS) is 11.2. The maximum absolute atomic E-state index is 12.7. The largest absolute Gasteiger partial charge is 0.377 e. The molecule has 0 heterocycles. The third kappa shape index (κ3) is 6.67. The van der Waals surface area contributed by atoms with Crippen LogP contribution in [0.3, 0.4) is 0 Å². The van der Waals surface area contributed by atoms with Crippen molar-refractivity contribution in [1.29, 1.82) is 0 Å². The Labute approximate surface area is 155 Å². The SMILES string of the molecule is CCN(/C=C(\SCc1ccccc1)C(=O)NCc1ccccc1)CC. The van der Waals surface area contributed by atoms with E-state index in [0.29, 0.717) is 6.54 Å². The topological polar surface area (TPSA) is 32.3 Å². The molecule has 0 aliphatic heterocycles. The van der Waals surface area contributed by atoms with Gasteiger partial charge in [-0.05, 0) is 25.0 Å². The molecule has 0 atom stereocenters. The van der Waals surface area contributed by atoms with Crippen LogP contribution in [0.15, 0.2) is 71.8 Å². The Morgan fingerprint density at radius 1 is 0.960 bits per heavy atom. The van der Waals surface area contributed by atoms with Crippen molar-refractivity contribution < 1.29 is 4.79 Å². The third-order valence-corrected chi connectivity index (χ3v) is 4.95. The van der Waals surface area contributed by atoms with Gasteiger partial charge in [0.1, 0.15) is 0 Å². The van der Waals surface area contributed by atoms with Gasteiger partial charge in [0.05, 0.1) is 4.91 Å². The Kier molecular flexibility index (Phi) is 8.13. The lowest BCUT2D eigenvalue weighted by Gasteiger charge is -2.18. The molecule has 2 rings (SSSR count). The minimum absolute atomic E-state index is 0.0170. The van der Waals surface area contributed by atoms with E-state index in [1.54, 1.807) is 11.8 Å². The predicted octanol–water partition coefficient (Wildman–Crippen LogP) is 4.42. The van der Waals surface area contributed by atoms with Crippen molar-refractivity contribution in [1.82, 2.24) is 10.2 Å². The Morgan fingerprint density at radius 2 is 1.52 bits per heavy atom. The molecular weight excluding hydrogens is 328 g/mol. The second-order valence-corrected chi connectivity index (χ2v) is 6.67. The Bertz CT molecular complexity index is 667. The van der Waals surface area contributed by atoms with E-state index >= 15 is 0 Å². The van der Waals surface area contributed by atoms with Gasteiger partial charge in [0.2, 0.25) is 0 Å². The number of benzene rings is 2. The van der Waals surface area contributed by atoms with Crippen LogP contribution in [-0.4, -0.2) is 23.9 Å². The van der Waals surface area contributed by atoms with Gasteiger partial charge in [-0.25, -0.2) is 0 Å². The molecule has 2 aromatic carbocycles. The standard InChI is InChI=1S/C21H26N2OS/c1-3-23(4-2)16-20(25-17-19-13-9-6-10-14-19)21(24)22-15-18-11-7-5-8-12-18/h5-14,16H,3-4,15,17H2,1-2H3,(H,22,24)/b20-16-. The summed E-state index contributed by atoms with van der Waals surface area (Å²) in [4.78, 5) is 15.6. The van der Waals surface area contributed by atoms with E-state index in [4.69, 9.17) is 0 Å². The summed E-state index contributed by atoms with van der Waals surface area (Å²) in [6, 6.07) is 20.2. The predicted molar refractivity (Wildman–Crippen MR) is 107 cm³/mol. The smallest absolute Gasteiger partial charge is 0.259 e. The molecule has 4 heteroatoms.